The zero-order chi connectivity index (χ0) is 19.6. The number of pyridine rings is 2. The SMILES string of the molecule is COc1cccc(C2CC3(C2)C(=O)N(C)c2cnc4cc(F)c(Br)cc4c23)n1. The Morgan fingerprint density at radius 2 is 2.11 bits per heavy atom. The second kappa shape index (κ2) is 5.98. The third kappa shape index (κ3) is 2.25. The highest BCUT2D eigenvalue weighted by atomic mass is 79.9. The van der Waals surface area contributed by atoms with Crippen LogP contribution in [0.25, 0.3) is 10.9 Å². The van der Waals surface area contributed by atoms with Gasteiger partial charge in [0.2, 0.25) is 11.8 Å². The quantitative estimate of drug-likeness (QED) is 0.593. The van der Waals surface area contributed by atoms with Crippen molar-refractivity contribution in [3.8, 4) is 5.88 Å². The number of carbonyl (C=O) groups excluding carboxylic acids is 1. The molecule has 0 atom stereocenters. The minimum Gasteiger partial charge on any atom is -0.481 e. The number of halogens is 2. The number of anilines is 1. The van der Waals surface area contributed by atoms with E-state index in [1.807, 2.05) is 18.2 Å². The number of fused-ring (bicyclic) bond motifs is 4. The number of ether oxygens (including phenoxy) is 1. The summed E-state index contributed by atoms with van der Waals surface area (Å²) in [6.45, 7) is 0. The Morgan fingerprint density at radius 3 is 2.86 bits per heavy atom. The van der Waals surface area contributed by atoms with Crippen LogP contribution in [0.2, 0.25) is 0 Å². The van der Waals surface area contributed by atoms with Crippen molar-refractivity contribution in [3.63, 3.8) is 0 Å². The summed E-state index contributed by atoms with van der Waals surface area (Å²) in [7, 11) is 3.37. The predicted molar refractivity (Wildman–Crippen MR) is 107 cm³/mol. The molecule has 3 heterocycles. The summed E-state index contributed by atoms with van der Waals surface area (Å²) in [6, 6.07) is 8.85. The second-order valence-electron chi connectivity index (χ2n) is 7.46. The molecule has 2 aliphatic rings. The molecule has 3 aromatic rings. The largest absolute Gasteiger partial charge is 0.481 e. The van der Waals surface area contributed by atoms with Crippen molar-refractivity contribution in [1.29, 1.82) is 0 Å². The monoisotopic (exact) mass is 441 g/mol. The van der Waals surface area contributed by atoms with Crippen molar-refractivity contribution in [2.45, 2.75) is 24.2 Å². The third-order valence-electron chi connectivity index (χ3n) is 6.01. The van der Waals surface area contributed by atoms with E-state index in [0.717, 1.165) is 22.3 Å². The van der Waals surface area contributed by atoms with E-state index in [4.69, 9.17) is 4.74 Å². The Kier molecular flexibility index (Phi) is 3.75. The number of nitrogens with zero attached hydrogens (tertiary/aromatic N) is 3. The topological polar surface area (TPSA) is 55.3 Å². The van der Waals surface area contributed by atoms with Crippen LogP contribution in [0.5, 0.6) is 5.88 Å². The van der Waals surface area contributed by atoms with Crippen LogP contribution in [0.4, 0.5) is 10.1 Å². The molecule has 1 aliphatic carbocycles. The fourth-order valence-corrected chi connectivity index (χ4v) is 4.96. The van der Waals surface area contributed by atoms with Crippen LogP contribution in [0.15, 0.2) is 41.0 Å². The standard InChI is InChI=1S/C21H17BrFN3O2/c1-26-17-10-24-16-7-14(23)13(22)6-12(16)19(17)21(20(26)27)8-11(9-21)15-4-3-5-18(25-15)28-2/h3-7,10-11H,8-9H2,1-2H3. The van der Waals surface area contributed by atoms with Crippen LogP contribution in [0.3, 0.4) is 0 Å². The first-order chi connectivity index (χ1) is 13.4. The van der Waals surface area contributed by atoms with Crippen LogP contribution in [-0.4, -0.2) is 30.0 Å². The molecule has 142 valence electrons. The van der Waals surface area contributed by atoms with Gasteiger partial charge in [0.1, 0.15) is 5.82 Å². The number of hydrogen-bond donors (Lipinski definition) is 0. The van der Waals surface area contributed by atoms with Crippen molar-refractivity contribution in [3.05, 3.63) is 58.1 Å². The maximum absolute atomic E-state index is 14.0. The third-order valence-corrected chi connectivity index (χ3v) is 6.61. The molecule has 0 unspecified atom stereocenters. The van der Waals surface area contributed by atoms with Crippen molar-refractivity contribution in [2.24, 2.45) is 0 Å². The maximum Gasteiger partial charge on any atom is 0.237 e. The Balaban J connectivity index is 1.62. The van der Waals surface area contributed by atoms with E-state index in [-0.39, 0.29) is 17.6 Å². The van der Waals surface area contributed by atoms with Gasteiger partial charge in [-0.15, -0.1) is 0 Å². The summed E-state index contributed by atoms with van der Waals surface area (Å²) < 4.78 is 19.6. The smallest absolute Gasteiger partial charge is 0.237 e. The Labute approximate surface area is 169 Å². The summed E-state index contributed by atoms with van der Waals surface area (Å²) >= 11 is 3.27. The average molecular weight is 442 g/mol. The Morgan fingerprint density at radius 1 is 1.32 bits per heavy atom. The molecule has 1 amide bonds. The van der Waals surface area contributed by atoms with Gasteiger partial charge in [-0.1, -0.05) is 6.07 Å². The second-order valence-corrected chi connectivity index (χ2v) is 8.31. The average Bonchev–Trinajstić information content (AvgIpc) is 2.90. The molecule has 2 aromatic heterocycles. The molecule has 0 radical (unpaired) electrons. The molecular weight excluding hydrogens is 425 g/mol. The normalized spacial score (nSPS) is 23.2. The van der Waals surface area contributed by atoms with Crippen LogP contribution < -0.4 is 9.64 Å². The van der Waals surface area contributed by atoms with E-state index in [1.165, 1.54) is 6.07 Å². The van der Waals surface area contributed by atoms with Gasteiger partial charge >= 0.3 is 0 Å². The zero-order valence-electron chi connectivity index (χ0n) is 15.4. The van der Waals surface area contributed by atoms with Gasteiger partial charge in [0, 0.05) is 41.7 Å². The lowest BCUT2D eigenvalue weighted by molar-refractivity contribution is -0.126. The molecule has 5 nitrogen and oxygen atoms in total. The first kappa shape index (κ1) is 17.6. The lowest BCUT2D eigenvalue weighted by Crippen LogP contribution is -2.48. The van der Waals surface area contributed by atoms with Gasteiger partial charge in [-0.3, -0.25) is 9.78 Å². The first-order valence-corrected chi connectivity index (χ1v) is 9.81. The number of rotatable bonds is 2. The molecule has 1 fully saturated rings. The maximum atomic E-state index is 14.0. The number of benzene rings is 1. The van der Waals surface area contributed by atoms with E-state index in [0.29, 0.717) is 28.7 Å². The first-order valence-electron chi connectivity index (χ1n) is 9.02. The van der Waals surface area contributed by atoms with Gasteiger partial charge in [0.15, 0.2) is 0 Å². The minimum absolute atomic E-state index is 0.0661. The van der Waals surface area contributed by atoms with Gasteiger partial charge in [-0.05, 0) is 40.9 Å². The van der Waals surface area contributed by atoms with Crippen molar-refractivity contribution in [1.82, 2.24) is 9.97 Å². The molecule has 28 heavy (non-hydrogen) atoms. The Bertz CT molecular complexity index is 1140. The van der Waals surface area contributed by atoms with Crippen LogP contribution >= 0.6 is 15.9 Å². The van der Waals surface area contributed by atoms with Gasteiger partial charge in [0.25, 0.3) is 0 Å². The number of aromatic nitrogens is 2. The summed E-state index contributed by atoms with van der Waals surface area (Å²) in [5.74, 6) is 0.448. The van der Waals surface area contributed by atoms with E-state index in [1.54, 1.807) is 31.3 Å². The van der Waals surface area contributed by atoms with E-state index in [9.17, 15) is 9.18 Å². The molecule has 1 spiro atoms. The van der Waals surface area contributed by atoms with Crippen LogP contribution in [0, 0.1) is 5.82 Å². The molecule has 0 N–H and O–H groups in total. The molecule has 5 rings (SSSR count). The Hall–Kier alpha value is -2.54. The zero-order valence-corrected chi connectivity index (χ0v) is 17.0. The molecule has 1 saturated carbocycles. The number of carbonyl (C=O) groups is 1. The number of likely N-dealkylation sites (N-methyl/N-ethyl adjacent to an activating group) is 1. The van der Waals surface area contributed by atoms with Gasteiger partial charge < -0.3 is 9.64 Å². The molecule has 1 aliphatic heterocycles. The van der Waals surface area contributed by atoms with E-state index in [2.05, 4.69) is 25.9 Å². The van der Waals surface area contributed by atoms with Crippen molar-refractivity contribution in [2.75, 3.05) is 19.1 Å². The lowest BCUT2D eigenvalue weighted by Gasteiger charge is -2.44. The minimum atomic E-state index is -0.613. The summed E-state index contributed by atoms with van der Waals surface area (Å²) in [5, 5.41) is 0.820. The van der Waals surface area contributed by atoms with E-state index >= 15 is 0 Å². The number of methoxy groups -OCH3 is 1. The highest BCUT2D eigenvalue weighted by molar-refractivity contribution is 9.10. The lowest BCUT2D eigenvalue weighted by atomic mass is 9.57. The van der Waals surface area contributed by atoms with Gasteiger partial charge in [-0.2, -0.15) is 0 Å². The fourth-order valence-electron chi connectivity index (χ4n) is 4.61. The molecule has 0 saturated heterocycles. The number of amides is 1. The summed E-state index contributed by atoms with van der Waals surface area (Å²) in [6.07, 6.45) is 3.00. The fraction of sp³-hybridized carbons (Fsp3) is 0.286. The van der Waals surface area contributed by atoms with Crippen LogP contribution in [0.1, 0.15) is 30.0 Å². The van der Waals surface area contributed by atoms with Gasteiger partial charge in [0.05, 0.1) is 34.4 Å². The highest BCUT2D eigenvalue weighted by Crippen LogP contribution is 2.60. The van der Waals surface area contributed by atoms with E-state index < -0.39 is 5.41 Å². The molecule has 1 aromatic carbocycles. The molecule has 7 heteroatoms. The molecule has 0 bridgehead atoms. The molecular formula is C21H17BrFN3O2. The predicted octanol–water partition coefficient (Wildman–Crippen LogP) is 4.33. The summed E-state index contributed by atoms with van der Waals surface area (Å²) in [4.78, 5) is 23.8. The summed E-state index contributed by atoms with van der Waals surface area (Å²) in [5.41, 5.74) is 2.63. The van der Waals surface area contributed by atoms with Gasteiger partial charge in [-0.25, -0.2) is 9.37 Å². The number of hydrogen-bond acceptors (Lipinski definition) is 4. The van der Waals surface area contributed by atoms with Crippen LogP contribution in [-0.2, 0) is 10.2 Å². The van der Waals surface area contributed by atoms with Crippen molar-refractivity contribution >= 4 is 38.4 Å². The highest BCUT2D eigenvalue weighted by Gasteiger charge is 2.59. The van der Waals surface area contributed by atoms with Crippen molar-refractivity contribution < 1.29 is 13.9 Å².